The Morgan fingerprint density at radius 3 is 2.54 bits per heavy atom. The lowest BCUT2D eigenvalue weighted by Crippen LogP contribution is -2.42. The molecule has 2 aromatic heterocycles. The summed E-state index contributed by atoms with van der Waals surface area (Å²) in [6, 6.07) is 12.1. The molecule has 0 bridgehead atoms. The Morgan fingerprint density at radius 1 is 1.04 bits per heavy atom. The van der Waals surface area contributed by atoms with Gasteiger partial charge in [-0.15, -0.1) is 22.7 Å². The molecule has 26 heavy (non-hydrogen) atoms. The van der Waals surface area contributed by atoms with Crippen molar-refractivity contribution in [2.45, 2.75) is 12.6 Å². The van der Waals surface area contributed by atoms with Crippen LogP contribution in [0.2, 0.25) is 0 Å². The molecule has 0 aliphatic rings. The zero-order valence-electron chi connectivity index (χ0n) is 14.7. The van der Waals surface area contributed by atoms with Gasteiger partial charge in [-0.3, -0.25) is 9.59 Å². The molecule has 0 aliphatic carbocycles. The van der Waals surface area contributed by atoms with Crippen molar-refractivity contribution in [1.82, 2.24) is 15.5 Å². The number of benzene rings is 1. The molecule has 0 unspecified atom stereocenters. The van der Waals surface area contributed by atoms with Crippen LogP contribution in [0.4, 0.5) is 0 Å². The number of thiophene rings is 2. The Balaban J connectivity index is 1.61. The predicted molar refractivity (Wildman–Crippen MR) is 107 cm³/mol. The molecular formula is C19H21N3O2S2. The van der Waals surface area contributed by atoms with E-state index in [2.05, 4.69) is 33.0 Å². The number of fused-ring (bicyclic) bond motifs is 1. The fourth-order valence-corrected chi connectivity index (χ4v) is 4.41. The van der Waals surface area contributed by atoms with E-state index in [1.165, 1.54) is 10.1 Å². The number of hydrogen-bond donors (Lipinski definition) is 2. The first-order valence-corrected chi connectivity index (χ1v) is 10.0. The standard InChI is InChI=1S/C19H21N3O2S2/c1-22(2)16(15-12-26-17-8-4-3-7-14(15)17)11-21-19(24)18(23)20-10-13-6-5-9-25-13/h3-9,12,16H,10-11H2,1-2H3,(H,20,23)(H,21,24)/t16-/m0/s1. The van der Waals surface area contributed by atoms with Gasteiger partial charge in [0.2, 0.25) is 0 Å². The van der Waals surface area contributed by atoms with E-state index < -0.39 is 11.8 Å². The maximum absolute atomic E-state index is 12.1. The molecule has 3 rings (SSSR count). The van der Waals surface area contributed by atoms with Crippen molar-refractivity contribution >= 4 is 44.6 Å². The number of nitrogens with zero attached hydrogens (tertiary/aromatic N) is 1. The molecule has 0 saturated heterocycles. The van der Waals surface area contributed by atoms with E-state index >= 15 is 0 Å². The lowest BCUT2D eigenvalue weighted by atomic mass is 10.0. The van der Waals surface area contributed by atoms with Gasteiger partial charge in [0.1, 0.15) is 0 Å². The number of rotatable bonds is 6. The molecule has 0 radical (unpaired) electrons. The zero-order valence-corrected chi connectivity index (χ0v) is 16.3. The molecule has 136 valence electrons. The van der Waals surface area contributed by atoms with Gasteiger partial charge >= 0.3 is 11.8 Å². The van der Waals surface area contributed by atoms with Crippen LogP contribution in [0.1, 0.15) is 16.5 Å². The summed E-state index contributed by atoms with van der Waals surface area (Å²) in [4.78, 5) is 27.2. The first-order chi connectivity index (χ1) is 12.6. The van der Waals surface area contributed by atoms with E-state index in [-0.39, 0.29) is 6.04 Å². The summed E-state index contributed by atoms with van der Waals surface area (Å²) in [5.41, 5.74) is 1.16. The second-order valence-electron chi connectivity index (χ2n) is 6.14. The third kappa shape index (κ3) is 4.30. The van der Waals surface area contributed by atoms with Crippen molar-refractivity contribution in [3.05, 3.63) is 57.6 Å². The Kier molecular flexibility index (Phi) is 6.03. The SMILES string of the molecule is CN(C)[C@@H](CNC(=O)C(=O)NCc1cccs1)c1csc2ccccc12. The molecule has 0 spiro atoms. The first-order valence-electron chi connectivity index (χ1n) is 8.27. The highest BCUT2D eigenvalue weighted by atomic mass is 32.1. The molecular weight excluding hydrogens is 366 g/mol. The average Bonchev–Trinajstić information content (AvgIpc) is 3.29. The van der Waals surface area contributed by atoms with Crippen LogP contribution in [0, 0.1) is 0 Å². The van der Waals surface area contributed by atoms with E-state index in [1.807, 2.05) is 43.7 Å². The average molecular weight is 388 g/mol. The maximum Gasteiger partial charge on any atom is 0.309 e. The molecule has 2 N–H and O–H groups in total. The minimum absolute atomic E-state index is 0.000181. The smallest absolute Gasteiger partial charge is 0.309 e. The molecule has 7 heteroatoms. The number of likely N-dealkylation sites (N-methyl/N-ethyl adjacent to an activating group) is 1. The van der Waals surface area contributed by atoms with Gasteiger partial charge < -0.3 is 15.5 Å². The summed E-state index contributed by atoms with van der Waals surface area (Å²) in [5.74, 6) is -1.21. The summed E-state index contributed by atoms with van der Waals surface area (Å²) in [5, 5.41) is 10.7. The monoisotopic (exact) mass is 387 g/mol. The first kappa shape index (κ1) is 18.6. The van der Waals surface area contributed by atoms with Crippen molar-refractivity contribution in [2.24, 2.45) is 0 Å². The minimum atomic E-state index is -0.605. The van der Waals surface area contributed by atoms with E-state index in [0.717, 1.165) is 10.4 Å². The van der Waals surface area contributed by atoms with Crippen molar-refractivity contribution in [1.29, 1.82) is 0 Å². The van der Waals surface area contributed by atoms with E-state index in [9.17, 15) is 9.59 Å². The van der Waals surface area contributed by atoms with Crippen LogP contribution < -0.4 is 10.6 Å². The summed E-state index contributed by atoms with van der Waals surface area (Å²) in [6.45, 7) is 0.745. The van der Waals surface area contributed by atoms with E-state index in [4.69, 9.17) is 0 Å². The van der Waals surface area contributed by atoms with Crippen LogP contribution in [-0.2, 0) is 16.1 Å². The lowest BCUT2D eigenvalue weighted by Gasteiger charge is -2.24. The Bertz CT molecular complexity index is 887. The van der Waals surface area contributed by atoms with Crippen LogP contribution in [0.3, 0.4) is 0 Å². The largest absolute Gasteiger partial charge is 0.346 e. The number of amides is 2. The molecule has 2 amide bonds. The van der Waals surface area contributed by atoms with Crippen LogP contribution in [0.5, 0.6) is 0 Å². The molecule has 3 aromatic rings. The summed E-state index contributed by atoms with van der Waals surface area (Å²) in [6.07, 6.45) is 0. The van der Waals surface area contributed by atoms with Gasteiger partial charge in [-0.05, 0) is 47.9 Å². The second-order valence-corrected chi connectivity index (χ2v) is 8.08. The van der Waals surface area contributed by atoms with Crippen LogP contribution in [0.25, 0.3) is 10.1 Å². The van der Waals surface area contributed by atoms with Gasteiger partial charge in [-0.2, -0.15) is 0 Å². The number of hydrogen-bond acceptors (Lipinski definition) is 5. The number of carbonyl (C=O) groups is 2. The Labute approximate surface area is 160 Å². The highest BCUT2D eigenvalue weighted by Gasteiger charge is 2.21. The van der Waals surface area contributed by atoms with Crippen molar-refractivity contribution in [3.63, 3.8) is 0 Å². The van der Waals surface area contributed by atoms with Gasteiger partial charge in [0.05, 0.1) is 12.6 Å². The van der Waals surface area contributed by atoms with Gasteiger partial charge in [0, 0.05) is 16.1 Å². The molecule has 0 saturated carbocycles. The Morgan fingerprint density at radius 2 is 1.81 bits per heavy atom. The van der Waals surface area contributed by atoms with Crippen LogP contribution in [-0.4, -0.2) is 37.4 Å². The summed E-state index contributed by atoms with van der Waals surface area (Å²) < 4.78 is 1.22. The van der Waals surface area contributed by atoms with E-state index in [0.29, 0.717) is 13.1 Å². The normalized spacial score (nSPS) is 12.3. The van der Waals surface area contributed by atoms with Crippen LogP contribution >= 0.6 is 22.7 Å². The van der Waals surface area contributed by atoms with Crippen molar-refractivity contribution < 1.29 is 9.59 Å². The minimum Gasteiger partial charge on any atom is -0.346 e. The van der Waals surface area contributed by atoms with Crippen molar-refractivity contribution in [3.8, 4) is 0 Å². The predicted octanol–water partition coefficient (Wildman–Crippen LogP) is 3.00. The van der Waals surface area contributed by atoms with Gasteiger partial charge in [0.15, 0.2) is 0 Å². The zero-order chi connectivity index (χ0) is 18.5. The molecule has 1 atom stereocenters. The molecule has 0 aliphatic heterocycles. The summed E-state index contributed by atoms with van der Waals surface area (Å²) in [7, 11) is 3.94. The molecule has 0 fully saturated rings. The highest BCUT2D eigenvalue weighted by molar-refractivity contribution is 7.17. The van der Waals surface area contributed by atoms with E-state index in [1.54, 1.807) is 22.7 Å². The highest BCUT2D eigenvalue weighted by Crippen LogP contribution is 2.31. The third-order valence-electron chi connectivity index (χ3n) is 4.16. The van der Waals surface area contributed by atoms with Gasteiger partial charge in [-0.1, -0.05) is 24.3 Å². The Hall–Kier alpha value is -2.22. The van der Waals surface area contributed by atoms with Gasteiger partial charge in [0.25, 0.3) is 0 Å². The number of carbonyl (C=O) groups excluding carboxylic acids is 2. The fraction of sp³-hybridized carbons (Fsp3) is 0.263. The quantitative estimate of drug-likeness (QED) is 0.639. The summed E-state index contributed by atoms with van der Waals surface area (Å²) >= 11 is 3.24. The van der Waals surface area contributed by atoms with Crippen LogP contribution in [0.15, 0.2) is 47.2 Å². The van der Waals surface area contributed by atoms with Gasteiger partial charge in [-0.25, -0.2) is 0 Å². The third-order valence-corrected chi connectivity index (χ3v) is 6.02. The molecule has 1 aromatic carbocycles. The maximum atomic E-state index is 12.1. The molecule has 2 heterocycles. The van der Waals surface area contributed by atoms with Crippen molar-refractivity contribution in [2.75, 3.05) is 20.6 Å². The number of nitrogens with one attached hydrogen (secondary N) is 2. The lowest BCUT2D eigenvalue weighted by molar-refractivity contribution is -0.139. The topological polar surface area (TPSA) is 61.4 Å². The second kappa shape index (κ2) is 8.44. The molecule has 5 nitrogen and oxygen atoms in total. The fourth-order valence-electron chi connectivity index (χ4n) is 2.76.